The largest absolute Gasteiger partial charge is 0.361 e. The maximum atomic E-state index is 11.0. The van der Waals surface area contributed by atoms with Gasteiger partial charge in [0, 0.05) is 24.2 Å². The quantitative estimate of drug-likeness (QED) is 0.689. The summed E-state index contributed by atoms with van der Waals surface area (Å²) >= 11 is 5.74. The summed E-state index contributed by atoms with van der Waals surface area (Å²) in [7, 11) is 0. The summed E-state index contributed by atoms with van der Waals surface area (Å²) in [4.78, 5) is 14.5. The van der Waals surface area contributed by atoms with Crippen molar-refractivity contribution in [3.8, 4) is 0 Å². The maximum Gasteiger partial charge on any atom is 0.312 e. The highest BCUT2D eigenvalue weighted by atomic mass is 35.5. The summed E-state index contributed by atoms with van der Waals surface area (Å²) < 4.78 is 0. The van der Waals surface area contributed by atoms with E-state index in [1.807, 2.05) is 18.2 Å². The Morgan fingerprint density at radius 3 is 2.80 bits per heavy atom. The molecule has 0 saturated heterocycles. The van der Waals surface area contributed by atoms with Crippen LogP contribution in [0.5, 0.6) is 0 Å². The molecule has 2 unspecified atom stereocenters. The highest BCUT2D eigenvalue weighted by Gasteiger charge is 2.39. The van der Waals surface area contributed by atoms with Crippen molar-refractivity contribution in [3.63, 3.8) is 0 Å². The van der Waals surface area contributed by atoms with Gasteiger partial charge in [-0.2, -0.15) is 0 Å². The van der Waals surface area contributed by atoms with Gasteiger partial charge in [0.05, 0.1) is 9.95 Å². The van der Waals surface area contributed by atoms with Gasteiger partial charge >= 0.3 is 5.69 Å². The second kappa shape index (κ2) is 5.09. The Morgan fingerprint density at radius 2 is 2.10 bits per heavy atom. The summed E-state index contributed by atoms with van der Waals surface area (Å²) in [6.07, 6.45) is 2.36. The zero-order valence-electron chi connectivity index (χ0n) is 10.5. The molecule has 0 aliphatic heterocycles. The number of halogens is 1. The lowest BCUT2D eigenvalue weighted by Gasteiger charge is -2.06. The maximum absolute atomic E-state index is 11.0. The zero-order chi connectivity index (χ0) is 14.1. The van der Waals surface area contributed by atoms with Gasteiger partial charge in [0.25, 0.3) is 0 Å². The smallest absolute Gasteiger partial charge is 0.312 e. The van der Waals surface area contributed by atoms with Crippen LogP contribution in [-0.4, -0.2) is 15.9 Å². The summed E-state index contributed by atoms with van der Waals surface area (Å²) in [5.41, 5.74) is 1.15. The third kappa shape index (κ3) is 2.58. The molecule has 0 spiro atoms. The van der Waals surface area contributed by atoms with E-state index in [-0.39, 0.29) is 22.6 Å². The van der Waals surface area contributed by atoms with Gasteiger partial charge in [-0.15, -0.1) is 0 Å². The van der Waals surface area contributed by atoms with Crippen LogP contribution in [0.1, 0.15) is 17.9 Å². The Labute approximate surface area is 120 Å². The molecule has 1 aliphatic carbocycles. The second-order valence-electron chi connectivity index (χ2n) is 4.78. The molecule has 1 aliphatic rings. The highest BCUT2D eigenvalue weighted by Crippen LogP contribution is 2.43. The molecule has 1 fully saturated rings. The van der Waals surface area contributed by atoms with Gasteiger partial charge in [0.1, 0.15) is 0 Å². The lowest BCUT2D eigenvalue weighted by molar-refractivity contribution is -0.384. The summed E-state index contributed by atoms with van der Waals surface area (Å²) in [6.45, 7) is 0. The number of benzene rings is 1. The molecule has 1 heterocycles. The standard InChI is InChI=1S/C14H12ClN3O2/c15-10-6-13(18(19)20)14(16-8-10)17-12-7-11(12)9-4-2-1-3-5-9/h1-6,8,11-12H,7H2,(H,16,17). The molecule has 2 aromatic rings. The van der Waals surface area contributed by atoms with E-state index in [0.717, 1.165) is 6.42 Å². The summed E-state index contributed by atoms with van der Waals surface area (Å²) in [6, 6.07) is 11.6. The van der Waals surface area contributed by atoms with Gasteiger partial charge in [-0.25, -0.2) is 4.98 Å². The van der Waals surface area contributed by atoms with Crippen LogP contribution in [-0.2, 0) is 0 Å². The minimum Gasteiger partial charge on any atom is -0.361 e. The predicted molar refractivity (Wildman–Crippen MR) is 77.1 cm³/mol. The van der Waals surface area contributed by atoms with Crippen LogP contribution < -0.4 is 5.32 Å². The molecule has 5 nitrogen and oxygen atoms in total. The Balaban J connectivity index is 1.76. The first-order valence-corrected chi connectivity index (χ1v) is 6.64. The van der Waals surface area contributed by atoms with Crippen LogP contribution in [0.25, 0.3) is 0 Å². The molecule has 1 N–H and O–H groups in total. The van der Waals surface area contributed by atoms with Gasteiger partial charge in [0.15, 0.2) is 0 Å². The van der Waals surface area contributed by atoms with Crippen molar-refractivity contribution in [1.29, 1.82) is 0 Å². The average Bonchev–Trinajstić information content (AvgIpc) is 3.21. The molecule has 1 saturated carbocycles. The van der Waals surface area contributed by atoms with Gasteiger partial charge < -0.3 is 5.32 Å². The van der Waals surface area contributed by atoms with E-state index in [0.29, 0.717) is 5.92 Å². The van der Waals surface area contributed by atoms with Crippen LogP contribution in [0.4, 0.5) is 11.5 Å². The number of rotatable bonds is 4. The van der Waals surface area contributed by atoms with Gasteiger partial charge in [-0.3, -0.25) is 10.1 Å². The molecule has 0 radical (unpaired) electrons. The zero-order valence-corrected chi connectivity index (χ0v) is 11.2. The molecular formula is C14H12ClN3O2. The van der Waals surface area contributed by atoms with Crippen molar-refractivity contribution in [1.82, 2.24) is 4.98 Å². The molecule has 1 aromatic heterocycles. The average molecular weight is 290 g/mol. The van der Waals surface area contributed by atoms with E-state index in [4.69, 9.17) is 11.6 Å². The SMILES string of the molecule is O=[N+]([O-])c1cc(Cl)cnc1NC1CC1c1ccccc1. The topological polar surface area (TPSA) is 68.1 Å². The number of nitro groups is 1. The van der Waals surface area contributed by atoms with E-state index >= 15 is 0 Å². The van der Waals surface area contributed by atoms with E-state index in [2.05, 4.69) is 22.4 Å². The van der Waals surface area contributed by atoms with Crippen molar-refractivity contribution in [3.05, 3.63) is 63.3 Å². The van der Waals surface area contributed by atoms with E-state index in [1.165, 1.54) is 17.8 Å². The molecule has 20 heavy (non-hydrogen) atoms. The number of hydrogen-bond acceptors (Lipinski definition) is 4. The first-order valence-electron chi connectivity index (χ1n) is 6.26. The number of aromatic nitrogens is 1. The van der Waals surface area contributed by atoms with Crippen molar-refractivity contribution in [2.24, 2.45) is 0 Å². The second-order valence-corrected chi connectivity index (χ2v) is 5.22. The number of anilines is 1. The fourth-order valence-electron chi connectivity index (χ4n) is 2.28. The van der Waals surface area contributed by atoms with Crippen LogP contribution in [0, 0.1) is 10.1 Å². The number of hydrogen-bond donors (Lipinski definition) is 1. The Bertz CT molecular complexity index is 648. The first kappa shape index (κ1) is 12.9. The molecule has 1 aromatic carbocycles. The lowest BCUT2D eigenvalue weighted by Crippen LogP contribution is -2.08. The Hall–Kier alpha value is -2.14. The van der Waals surface area contributed by atoms with Gasteiger partial charge in [0.2, 0.25) is 5.82 Å². The highest BCUT2D eigenvalue weighted by molar-refractivity contribution is 6.30. The number of nitrogens with zero attached hydrogens (tertiary/aromatic N) is 2. The van der Waals surface area contributed by atoms with Crippen molar-refractivity contribution in [2.45, 2.75) is 18.4 Å². The van der Waals surface area contributed by atoms with Crippen LogP contribution in [0.3, 0.4) is 0 Å². The van der Waals surface area contributed by atoms with E-state index in [1.54, 1.807) is 0 Å². The van der Waals surface area contributed by atoms with Crippen molar-refractivity contribution >= 4 is 23.1 Å². The van der Waals surface area contributed by atoms with Crippen LogP contribution in [0.2, 0.25) is 5.02 Å². The lowest BCUT2D eigenvalue weighted by atomic mass is 10.1. The predicted octanol–water partition coefficient (Wildman–Crippen LogP) is 3.61. The number of nitrogens with one attached hydrogen (secondary N) is 1. The number of pyridine rings is 1. The van der Waals surface area contributed by atoms with Crippen molar-refractivity contribution in [2.75, 3.05) is 5.32 Å². The van der Waals surface area contributed by atoms with Crippen molar-refractivity contribution < 1.29 is 4.92 Å². The van der Waals surface area contributed by atoms with E-state index < -0.39 is 4.92 Å². The molecule has 2 atom stereocenters. The third-order valence-electron chi connectivity index (χ3n) is 3.37. The molecule has 6 heteroatoms. The van der Waals surface area contributed by atoms with Crippen LogP contribution in [0.15, 0.2) is 42.6 Å². The third-order valence-corrected chi connectivity index (χ3v) is 3.58. The summed E-state index contributed by atoms with van der Waals surface area (Å²) in [5, 5.41) is 14.4. The Kier molecular flexibility index (Phi) is 3.28. The molecule has 3 rings (SSSR count). The monoisotopic (exact) mass is 289 g/mol. The van der Waals surface area contributed by atoms with Crippen LogP contribution >= 0.6 is 11.6 Å². The minimum atomic E-state index is -0.471. The van der Waals surface area contributed by atoms with Gasteiger partial charge in [-0.05, 0) is 12.0 Å². The molecule has 0 amide bonds. The summed E-state index contributed by atoms with van der Waals surface area (Å²) in [5.74, 6) is 0.663. The molecule has 0 bridgehead atoms. The van der Waals surface area contributed by atoms with E-state index in [9.17, 15) is 10.1 Å². The normalized spacial score (nSPS) is 20.4. The minimum absolute atomic E-state index is 0.0868. The fourth-order valence-corrected chi connectivity index (χ4v) is 2.43. The first-order chi connectivity index (χ1) is 9.65. The Morgan fingerprint density at radius 1 is 1.35 bits per heavy atom. The molecule has 102 valence electrons. The molecular weight excluding hydrogens is 278 g/mol. The fraction of sp³-hybridized carbons (Fsp3) is 0.214. The van der Waals surface area contributed by atoms with Gasteiger partial charge in [-0.1, -0.05) is 41.9 Å².